The smallest absolute Gasteiger partial charge is 0.225 e. The van der Waals surface area contributed by atoms with Gasteiger partial charge in [-0.1, -0.05) is 13.3 Å². The van der Waals surface area contributed by atoms with Crippen LogP contribution in [-0.4, -0.2) is 46.9 Å². The molecule has 152 valence electrons. The zero-order valence-electron chi connectivity index (χ0n) is 17.2. The number of hydrogen-bond donors (Lipinski definition) is 0. The lowest BCUT2D eigenvalue weighted by Gasteiger charge is -2.32. The number of thiophene rings is 1. The van der Waals surface area contributed by atoms with Crippen LogP contribution in [0.1, 0.15) is 74.6 Å². The molecule has 2 aliphatic carbocycles. The number of aryl methyl sites for hydroxylation is 1. The molecule has 1 saturated carbocycles. The van der Waals surface area contributed by atoms with Gasteiger partial charge in [-0.05, 0) is 64.6 Å². The lowest BCUT2D eigenvalue weighted by molar-refractivity contribution is -0.120. The molecule has 1 atom stereocenters. The fraction of sp³-hybridized carbons (Fsp3) is 0.682. The minimum absolute atomic E-state index is 0.00753. The molecule has 1 unspecified atom stereocenters. The van der Waals surface area contributed by atoms with Crippen LogP contribution in [0, 0.1) is 0 Å². The fourth-order valence-corrected chi connectivity index (χ4v) is 5.93. The van der Waals surface area contributed by atoms with Gasteiger partial charge in [0.05, 0.1) is 5.39 Å². The van der Waals surface area contributed by atoms with Crippen molar-refractivity contribution in [2.45, 2.75) is 82.8 Å². The Kier molecular flexibility index (Phi) is 5.97. The van der Waals surface area contributed by atoms with E-state index < -0.39 is 0 Å². The molecule has 0 spiro atoms. The molecule has 2 aromatic rings. The van der Waals surface area contributed by atoms with E-state index in [1.807, 2.05) is 0 Å². The number of carbonyl (C=O) groups excluding carboxylic acids is 1. The van der Waals surface area contributed by atoms with Crippen LogP contribution in [0.3, 0.4) is 0 Å². The van der Waals surface area contributed by atoms with E-state index in [0.29, 0.717) is 24.1 Å². The molecule has 0 amide bonds. The number of rotatable bonds is 7. The first-order valence-corrected chi connectivity index (χ1v) is 11.5. The highest BCUT2D eigenvalue weighted by Gasteiger charge is 2.34. The number of carbonyl (C=O) groups is 1. The van der Waals surface area contributed by atoms with E-state index in [1.54, 1.807) is 17.7 Å². The summed E-state index contributed by atoms with van der Waals surface area (Å²) in [6.07, 6.45) is 10.9. The third kappa shape index (κ3) is 3.81. The minimum atomic E-state index is 0.00753. The molecule has 28 heavy (non-hydrogen) atoms. The van der Waals surface area contributed by atoms with Crippen molar-refractivity contribution in [3.8, 4) is 5.88 Å². The van der Waals surface area contributed by atoms with Gasteiger partial charge in [0.2, 0.25) is 5.88 Å². The van der Waals surface area contributed by atoms with Crippen LogP contribution >= 0.6 is 11.3 Å². The van der Waals surface area contributed by atoms with Crippen molar-refractivity contribution < 1.29 is 9.53 Å². The highest BCUT2D eigenvalue weighted by molar-refractivity contribution is 7.19. The molecule has 1 fully saturated rings. The van der Waals surface area contributed by atoms with Crippen molar-refractivity contribution >= 4 is 27.3 Å². The SMILES string of the molecule is CCCCC(=O)C1CCc2sc3ncnc(O[C@H]4CC[C@H](N(C)C)CC4)c3c21. The van der Waals surface area contributed by atoms with Crippen LogP contribution < -0.4 is 4.74 Å². The van der Waals surface area contributed by atoms with E-state index in [0.717, 1.165) is 61.6 Å². The lowest BCUT2D eigenvalue weighted by atomic mass is 9.92. The molecule has 0 aromatic carbocycles. The molecule has 2 aliphatic rings. The molecule has 0 saturated heterocycles. The number of hydrogen-bond acceptors (Lipinski definition) is 6. The minimum Gasteiger partial charge on any atom is -0.474 e. The molecule has 2 aromatic heterocycles. The van der Waals surface area contributed by atoms with E-state index in [-0.39, 0.29) is 12.0 Å². The highest BCUT2D eigenvalue weighted by Crippen LogP contribution is 2.47. The summed E-state index contributed by atoms with van der Waals surface area (Å²) >= 11 is 1.72. The van der Waals surface area contributed by atoms with E-state index >= 15 is 0 Å². The second-order valence-electron chi connectivity index (χ2n) is 8.47. The maximum atomic E-state index is 12.8. The average Bonchev–Trinajstić information content (AvgIpc) is 3.26. The van der Waals surface area contributed by atoms with Gasteiger partial charge in [0.15, 0.2) is 0 Å². The number of fused-ring (bicyclic) bond motifs is 3. The van der Waals surface area contributed by atoms with E-state index in [2.05, 4.69) is 35.9 Å². The van der Waals surface area contributed by atoms with Crippen molar-refractivity contribution in [2.24, 2.45) is 0 Å². The van der Waals surface area contributed by atoms with Gasteiger partial charge in [0.1, 0.15) is 23.0 Å². The first-order valence-electron chi connectivity index (χ1n) is 10.7. The second kappa shape index (κ2) is 8.46. The third-order valence-corrected chi connectivity index (χ3v) is 7.57. The standard InChI is InChI=1S/C22H31N3O2S/c1-4-5-6-17(26)16-11-12-18-19(16)20-21(23-13-24-22(20)28-18)27-15-9-7-14(8-10-15)25(2)3/h13-16H,4-12H2,1-3H3/t14-,15-,16?. The van der Waals surface area contributed by atoms with Crippen LogP contribution in [0.2, 0.25) is 0 Å². The summed E-state index contributed by atoms with van der Waals surface area (Å²) < 4.78 is 6.42. The molecular formula is C22H31N3O2S. The Balaban J connectivity index is 1.58. The van der Waals surface area contributed by atoms with Crippen LogP contribution in [-0.2, 0) is 11.2 Å². The Morgan fingerprint density at radius 2 is 2.00 bits per heavy atom. The van der Waals surface area contributed by atoms with Gasteiger partial charge in [-0.2, -0.15) is 0 Å². The number of Topliss-reactive ketones (excluding diaryl/α,β-unsaturated/α-hetero) is 1. The predicted octanol–water partition coefficient (Wildman–Crippen LogP) is 4.73. The van der Waals surface area contributed by atoms with Gasteiger partial charge < -0.3 is 9.64 Å². The maximum absolute atomic E-state index is 12.8. The highest BCUT2D eigenvalue weighted by atomic mass is 32.1. The van der Waals surface area contributed by atoms with Gasteiger partial charge in [-0.25, -0.2) is 9.97 Å². The summed E-state index contributed by atoms with van der Waals surface area (Å²) in [6.45, 7) is 2.14. The van der Waals surface area contributed by atoms with E-state index in [1.165, 1.54) is 10.4 Å². The largest absolute Gasteiger partial charge is 0.474 e. The van der Waals surface area contributed by atoms with Crippen molar-refractivity contribution in [3.05, 3.63) is 16.8 Å². The summed E-state index contributed by atoms with van der Waals surface area (Å²) in [4.78, 5) is 26.4. The van der Waals surface area contributed by atoms with Gasteiger partial charge in [-0.3, -0.25) is 4.79 Å². The van der Waals surface area contributed by atoms with Crippen molar-refractivity contribution in [3.63, 3.8) is 0 Å². The van der Waals surface area contributed by atoms with Crippen molar-refractivity contribution in [2.75, 3.05) is 14.1 Å². The van der Waals surface area contributed by atoms with Gasteiger partial charge in [-0.15, -0.1) is 11.3 Å². The second-order valence-corrected chi connectivity index (χ2v) is 9.55. The van der Waals surface area contributed by atoms with Crippen molar-refractivity contribution in [1.29, 1.82) is 0 Å². The molecule has 2 heterocycles. The zero-order chi connectivity index (χ0) is 19.7. The van der Waals surface area contributed by atoms with Gasteiger partial charge >= 0.3 is 0 Å². The molecule has 0 radical (unpaired) electrons. The summed E-state index contributed by atoms with van der Waals surface area (Å²) in [7, 11) is 4.31. The molecule has 0 bridgehead atoms. The predicted molar refractivity (Wildman–Crippen MR) is 113 cm³/mol. The Bertz CT molecular complexity index is 840. The topological polar surface area (TPSA) is 55.3 Å². The Labute approximate surface area is 171 Å². The zero-order valence-corrected chi connectivity index (χ0v) is 18.1. The normalized spacial score (nSPS) is 24.6. The van der Waals surface area contributed by atoms with Crippen LogP contribution in [0.15, 0.2) is 6.33 Å². The number of nitrogens with zero attached hydrogens (tertiary/aromatic N) is 3. The monoisotopic (exact) mass is 401 g/mol. The number of aromatic nitrogens is 2. The Morgan fingerprint density at radius 1 is 1.21 bits per heavy atom. The third-order valence-electron chi connectivity index (χ3n) is 6.39. The Hall–Kier alpha value is -1.53. The summed E-state index contributed by atoms with van der Waals surface area (Å²) in [5.74, 6) is 1.08. The number of ether oxygens (including phenoxy) is 1. The number of unbranched alkanes of at least 4 members (excludes halogenated alkanes) is 1. The summed E-state index contributed by atoms with van der Waals surface area (Å²) in [5, 5.41) is 1.02. The van der Waals surface area contributed by atoms with Gasteiger partial charge in [0, 0.05) is 23.3 Å². The van der Waals surface area contributed by atoms with Crippen LogP contribution in [0.5, 0.6) is 5.88 Å². The molecular weight excluding hydrogens is 370 g/mol. The average molecular weight is 402 g/mol. The lowest BCUT2D eigenvalue weighted by Crippen LogP contribution is -2.35. The number of ketones is 1. The first-order chi connectivity index (χ1) is 13.6. The molecule has 4 rings (SSSR count). The van der Waals surface area contributed by atoms with Crippen LogP contribution in [0.4, 0.5) is 0 Å². The summed E-state index contributed by atoms with van der Waals surface area (Å²) in [5.41, 5.74) is 1.18. The molecule has 0 N–H and O–H groups in total. The van der Waals surface area contributed by atoms with E-state index in [9.17, 15) is 4.79 Å². The van der Waals surface area contributed by atoms with Crippen LogP contribution in [0.25, 0.3) is 10.2 Å². The van der Waals surface area contributed by atoms with Gasteiger partial charge in [0.25, 0.3) is 0 Å². The van der Waals surface area contributed by atoms with E-state index in [4.69, 9.17) is 4.74 Å². The molecule has 6 heteroatoms. The van der Waals surface area contributed by atoms with Crippen molar-refractivity contribution in [1.82, 2.24) is 14.9 Å². The quantitative estimate of drug-likeness (QED) is 0.671. The Morgan fingerprint density at radius 3 is 2.71 bits per heavy atom. The maximum Gasteiger partial charge on any atom is 0.225 e. The molecule has 0 aliphatic heterocycles. The summed E-state index contributed by atoms with van der Waals surface area (Å²) in [6, 6.07) is 0.649. The first kappa shape index (κ1) is 19.8. The molecule has 5 nitrogen and oxygen atoms in total. The fourth-order valence-electron chi connectivity index (χ4n) is 4.72.